The van der Waals surface area contributed by atoms with E-state index >= 15 is 0 Å². The van der Waals surface area contributed by atoms with Crippen LogP contribution in [0.1, 0.15) is 18.5 Å². The van der Waals surface area contributed by atoms with E-state index in [9.17, 15) is 10.2 Å². The van der Waals surface area contributed by atoms with Gasteiger partial charge in [0.05, 0.1) is 0 Å². The summed E-state index contributed by atoms with van der Waals surface area (Å²) in [6, 6.07) is 10.4. The average molecular weight is 334 g/mol. The predicted molar refractivity (Wildman–Crippen MR) is 78.2 cm³/mol. The van der Waals surface area contributed by atoms with Crippen molar-refractivity contribution in [1.82, 2.24) is 0 Å². The molecule has 5 nitrogen and oxygen atoms in total. The molecule has 0 radical (unpaired) electrons. The topological polar surface area (TPSA) is 77.2 Å². The van der Waals surface area contributed by atoms with Gasteiger partial charge in [-0.2, -0.15) is 0 Å². The maximum atomic E-state index is 9.54. The molecule has 2 aromatic rings. The Hall–Kier alpha value is -2.04. The molecule has 0 fully saturated rings. The molecule has 1 heterocycles. The van der Waals surface area contributed by atoms with Crippen LogP contribution in [0, 0.1) is 0 Å². The monoisotopic (exact) mass is 335 g/mol. The zero-order valence-corrected chi connectivity index (χ0v) is 12.5. The van der Waals surface area contributed by atoms with E-state index in [-0.39, 0.29) is 32.1 Å². The summed E-state index contributed by atoms with van der Waals surface area (Å²) in [5.41, 5.74) is 3.53. The third-order valence-corrected chi connectivity index (χ3v) is 4.22. The Morgan fingerprint density at radius 2 is 1.85 bits per heavy atom. The normalized spacial score (nSPS) is 13.7. The van der Waals surface area contributed by atoms with Gasteiger partial charge in [0.2, 0.25) is 0 Å². The molecule has 0 spiro atoms. The minimum atomic E-state index is -0.0669. The van der Waals surface area contributed by atoms with Crippen molar-refractivity contribution in [3.05, 3.63) is 42.0 Å². The second-order valence-electron chi connectivity index (χ2n) is 4.59. The van der Waals surface area contributed by atoms with Crippen LogP contribution >= 0.6 is 0 Å². The predicted octanol–water partition coefficient (Wildman–Crippen LogP) is 3.62. The first-order valence-corrected chi connectivity index (χ1v) is 7.67. The molecule has 1 aliphatic rings. The van der Waals surface area contributed by atoms with Gasteiger partial charge in [-0.25, -0.2) is 0 Å². The number of aromatic hydroxyl groups is 2. The van der Waals surface area contributed by atoms with Gasteiger partial charge in [-0.15, -0.1) is 0 Å². The number of hydrogen-bond donors (Lipinski definition) is 3. The summed E-state index contributed by atoms with van der Waals surface area (Å²) >= 11 is -0.0629. The number of nitrogens with zero attached hydrogens (tertiary/aromatic N) is 2. The number of hydrogen-bond acceptors (Lipinski definition) is 5. The molecule has 2 aromatic carbocycles. The van der Waals surface area contributed by atoms with Crippen molar-refractivity contribution in [2.24, 2.45) is 7.92 Å². The molecule has 6 heteroatoms. The van der Waals surface area contributed by atoms with E-state index in [2.05, 4.69) is 13.2 Å². The first-order chi connectivity index (χ1) is 9.63. The van der Waals surface area contributed by atoms with Crippen molar-refractivity contribution in [2.45, 2.75) is 13.0 Å². The minimum absolute atomic E-state index is 0.0509. The van der Waals surface area contributed by atoms with Gasteiger partial charge in [-0.1, -0.05) is 0 Å². The van der Waals surface area contributed by atoms with Gasteiger partial charge in [0.1, 0.15) is 0 Å². The molecule has 1 atom stereocenters. The Morgan fingerprint density at radius 3 is 2.60 bits per heavy atom. The Bertz CT molecular complexity index is 719. The van der Waals surface area contributed by atoms with E-state index in [0.717, 1.165) is 22.6 Å². The Balaban J connectivity index is 1.88. The summed E-state index contributed by atoms with van der Waals surface area (Å²) in [4.78, 5) is 0. The number of phenolic OH excluding ortho intramolecular Hbond substituents is 2. The van der Waals surface area contributed by atoms with Crippen LogP contribution in [0.25, 0.3) is 0 Å². The molecular weight excluding hydrogens is 321 g/mol. The van der Waals surface area contributed by atoms with Gasteiger partial charge < -0.3 is 0 Å². The Labute approximate surface area is 122 Å². The quantitative estimate of drug-likeness (QED) is 0.640. The van der Waals surface area contributed by atoms with E-state index < -0.39 is 0 Å². The van der Waals surface area contributed by atoms with Gasteiger partial charge >= 0.3 is 122 Å². The fourth-order valence-corrected chi connectivity index (χ4v) is 3.26. The van der Waals surface area contributed by atoms with Crippen molar-refractivity contribution in [3.8, 4) is 11.5 Å². The second kappa shape index (κ2) is 5.15. The molecule has 102 valence electrons. The summed E-state index contributed by atoms with van der Waals surface area (Å²) in [7, 11) is 0. The number of anilines is 1. The molecule has 0 amide bonds. The van der Waals surface area contributed by atoms with Crippen molar-refractivity contribution in [1.29, 1.82) is 0 Å². The first-order valence-electron chi connectivity index (χ1n) is 6.14. The second-order valence-corrected chi connectivity index (χ2v) is 5.70. The molecular formula is C14H13N3O2Se. The number of rotatable bonds is 3. The molecule has 0 aromatic heterocycles. The van der Waals surface area contributed by atoms with E-state index in [1.165, 1.54) is 6.07 Å². The van der Waals surface area contributed by atoms with E-state index in [0.29, 0.717) is 0 Å². The maximum absolute atomic E-state index is 9.54. The van der Waals surface area contributed by atoms with Gasteiger partial charge in [-0.3, -0.25) is 0 Å². The Morgan fingerprint density at radius 1 is 1.10 bits per heavy atom. The molecule has 0 bridgehead atoms. The van der Waals surface area contributed by atoms with Gasteiger partial charge in [0.25, 0.3) is 0 Å². The fourth-order valence-electron chi connectivity index (χ4n) is 2.11. The van der Waals surface area contributed by atoms with Crippen LogP contribution in [-0.2, 0) is 0 Å². The van der Waals surface area contributed by atoms with Gasteiger partial charge in [-0.05, 0) is 0 Å². The van der Waals surface area contributed by atoms with Crippen LogP contribution in [-0.4, -0.2) is 24.8 Å². The number of benzene rings is 2. The first kappa shape index (κ1) is 13.0. The van der Waals surface area contributed by atoms with Crippen LogP contribution in [0.4, 0.5) is 17.1 Å². The van der Waals surface area contributed by atoms with Gasteiger partial charge in [0, 0.05) is 0 Å². The molecule has 3 N–H and O–H groups in total. The van der Waals surface area contributed by atoms with E-state index in [1.807, 2.05) is 25.1 Å². The third-order valence-electron chi connectivity index (χ3n) is 3.08. The van der Waals surface area contributed by atoms with Crippen molar-refractivity contribution >= 4 is 31.6 Å². The summed E-state index contributed by atoms with van der Waals surface area (Å²) in [5, 5.41) is 22.4. The van der Waals surface area contributed by atoms with Gasteiger partial charge in [0.15, 0.2) is 0 Å². The molecule has 0 aliphatic carbocycles. The van der Waals surface area contributed by atoms with Crippen LogP contribution in [0.15, 0.2) is 44.3 Å². The average Bonchev–Trinajstić information content (AvgIpc) is 2.87. The van der Waals surface area contributed by atoms with Crippen LogP contribution in [0.5, 0.6) is 11.5 Å². The van der Waals surface area contributed by atoms with E-state index in [4.69, 9.17) is 0 Å². The number of nitrogens with one attached hydrogen (secondary N) is 1. The fraction of sp³-hybridized carbons (Fsp3) is 0.143. The number of phenols is 2. The Kier molecular flexibility index (Phi) is 3.34. The standard InChI is InChI=1S/C14H13N3O2Se/c1-8(9-5-10(18)7-11(19)6-9)15-12-3-2-4-13-14(12)17-20-16-13/h2-8,15,18-19H,1H3. The van der Waals surface area contributed by atoms with Crippen LogP contribution in [0.3, 0.4) is 0 Å². The molecule has 20 heavy (non-hydrogen) atoms. The molecule has 0 saturated heterocycles. The third kappa shape index (κ3) is 2.48. The van der Waals surface area contributed by atoms with Crippen molar-refractivity contribution in [3.63, 3.8) is 0 Å². The zero-order valence-electron chi connectivity index (χ0n) is 10.7. The zero-order chi connectivity index (χ0) is 14.1. The molecule has 1 unspecified atom stereocenters. The van der Waals surface area contributed by atoms with Crippen molar-refractivity contribution < 1.29 is 10.2 Å². The van der Waals surface area contributed by atoms with Crippen LogP contribution in [0.2, 0.25) is 0 Å². The molecule has 1 aliphatic heterocycles. The summed E-state index contributed by atoms with van der Waals surface area (Å²) in [5.74, 6) is 0.102. The van der Waals surface area contributed by atoms with E-state index in [1.54, 1.807) is 12.1 Å². The number of fused-ring (bicyclic) bond motifs is 1. The molecule has 3 rings (SSSR count). The van der Waals surface area contributed by atoms with Crippen LogP contribution < -0.4 is 5.32 Å². The van der Waals surface area contributed by atoms with Crippen molar-refractivity contribution in [2.75, 3.05) is 5.32 Å². The molecule has 0 saturated carbocycles. The summed E-state index contributed by atoms with van der Waals surface area (Å²) < 4.78 is 8.76. The summed E-state index contributed by atoms with van der Waals surface area (Å²) in [6.07, 6.45) is 0. The summed E-state index contributed by atoms with van der Waals surface area (Å²) in [6.45, 7) is 1.96. The SMILES string of the molecule is CC(Nc1cccc2c1N=[Se]=N2)c1cc(O)cc(O)c1.